The van der Waals surface area contributed by atoms with E-state index < -0.39 is 11.9 Å². The molecule has 0 radical (unpaired) electrons. The van der Waals surface area contributed by atoms with Gasteiger partial charge in [0.25, 0.3) is 0 Å². The zero-order valence-corrected chi connectivity index (χ0v) is 17.5. The summed E-state index contributed by atoms with van der Waals surface area (Å²) in [4.78, 5) is 23.4. The van der Waals surface area contributed by atoms with Crippen LogP contribution in [0.25, 0.3) is 11.0 Å². The summed E-state index contributed by atoms with van der Waals surface area (Å²) in [6.07, 6.45) is 0.529. The first kappa shape index (κ1) is 20.5. The Balaban J connectivity index is 2.20. The number of esters is 2. The molecule has 2 aromatic carbocycles. The Morgan fingerprint density at radius 2 is 1.41 bits per heavy atom. The molecule has 0 aliphatic rings. The predicted molar refractivity (Wildman–Crippen MR) is 109 cm³/mol. The van der Waals surface area contributed by atoms with Gasteiger partial charge in [-0.05, 0) is 44.0 Å². The molecule has 6 nitrogen and oxygen atoms in total. The van der Waals surface area contributed by atoms with Gasteiger partial charge in [0, 0.05) is 31.4 Å². The Bertz CT molecular complexity index is 1090. The minimum Gasteiger partial charge on any atom is -0.497 e. The maximum absolute atomic E-state index is 11.7. The quantitative estimate of drug-likeness (QED) is 0.455. The van der Waals surface area contributed by atoms with Crippen molar-refractivity contribution in [3.8, 4) is 17.2 Å². The van der Waals surface area contributed by atoms with Gasteiger partial charge in [0.1, 0.15) is 17.3 Å². The lowest BCUT2D eigenvalue weighted by atomic mass is 10.0. The van der Waals surface area contributed by atoms with Crippen molar-refractivity contribution in [3.05, 3.63) is 52.3 Å². The third-order valence-electron chi connectivity index (χ3n) is 4.94. The SMILES string of the molecule is COc1ccc(Cc2oc3c(OC(C)=O)c(C)c(C)c(OC(C)=O)c3c2C)cc1. The summed E-state index contributed by atoms with van der Waals surface area (Å²) in [6.45, 7) is 8.24. The molecule has 152 valence electrons. The second-order valence-corrected chi connectivity index (χ2v) is 6.97. The van der Waals surface area contributed by atoms with Crippen molar-refractivity contribution in [2.24, 2.45) is 0 Å². The van der Waals surface area contributed by atoms with E-state index in [1.807, 2.05) is 38.1 Å². The van der Waals surface area contributed by atoms with Crippen LogP contribution in [0.1, 0.15) is 41.9 Å². The molecule has 1 aromatic heterocycles. The number of carbonyl (C=O) groups is 2. The van der Waals surface area contributed by atoms with Crippen LogP contribution in [0.15, 0.2) is 28.7 Å². The number of aryl methyl sites for hydroxylation is 1. The van der Waals surface area contributed by atoms with Crippen LogP contribution in [0.4, 0.5) is 0 Å². The molecule has 1 heterocycles. The van der Waals surface area contributed by atoms with Gasteiger partial charge >= 0.3 is 11.9 Å². The van der Waals surface area contributed by atoms with Crippen molar-refractivity contribution in [2.75, 3.05) is 7.11 Å². The molecule has 29 heavy (non-hydrogen) atoms. The molecule has 6 heteroatoms. The first-order valence-electron chi connectivity index (χ1n) is 9.27. The normalized spacial score (nSPS) is 10.8. The molecule has 0 fully saturated rings. The van der Waals surface area contributed by atoms with E-state index in [1.165, 1.54) is 13.8 Å². The molecule has 0 saturated carbocycles. The van der Waals surface area contributed by atoms with E-state index in [1.54, 1.807) is 14.0 Å². The van der Waals surface area contributed by atoms with Crippen LogP contribution in [-0.2, 0) is 16.0 Å². The zero-order chi connectivity index (χ0) is 21.3. The molecule has 0 aliphatic heterocycles. The summed E-state index contributed by atoms with van der Waals surface area (Å²) in [5.41, 5.74) is 3.69. The summed E-state index contributed by atoms with van der Waals surface area (Å²) < 4.78 is 22.3. The summed E-state index contributed by atoms with van der Waals surface area (Å²) >= 11 is 0. The van der Waals surface area contributed by atoms with Crippen molar-refractivity contribution in [1.82, 2.24) is 0 Å². The Labute approximate surface area is 169 Å². The van der Waals surface area contributed by atoms with Crippen LogP contribution in [0.5, 0.6) is 17.2 Å². The fourth-order valence-electron chi connectivity index (χ4n) is 3.33. The standard InChI is InChI=1S/C23H24O6/c1-12-13(2)22(28-16(5)25)23-20(21(12)27-15(4)24)14(3)19(29-23)11-17-7-9-18(26-6)10-8-17/h7-10H,11H2,1-6H3. The number of methoxy groups -OCH3 is 1. The maximum Gasteiger partial charge on any atom is 0.308 e. The second kappa shape index (κ2) is 7.99. The average Bonchev–Trinajstić information content (AvgIpc) is 2.99. The molecule has 0 aliphatic carbocycles. The number of ether oxygens (including phenoxy) is 3. The first-order chi connectivity index (χ1) is 13.7. The van der Waals surface area contributed by atoms with Crippen molar-refractivity contribution < 1.29 is 28.2 Å². The lowest BCUT2D eigenvalue weighted by Gasteiger charge is -2.14. The number of hydrogen-bond acceptors (Lipinski definition) is 6. The van der Waals surface area contributed by atoms with Crippen molar-refractivity contribution >= 4 is 22.9 Å². The summed E-state index contributed by atoms with van der Waals surface area (Å²) in [7, 11) is 1.62. The molecular formula is C23H24O6. The largest absolute Gasteiger partial charge is 0.497 e. The highest BCUT2D eigenvalue weighted by Crippen LogP contribution is 2.44. The smallest absolute Gasteiger partial charge is 0.308 e. The van der Waals surface area contributed by atoms with E-state index in [-0.39, 0.29) is 0 Å². The minimum absolute atomic E-state index is 0.352. The van der Waals surface area contributed by atoms with Gasteiger partial charge < -0.3 is 18.6 Å². The topological polar surface area (TPSA) is 75.0 Å². The lowest BCUT2D eigenvalue weighted by molar-refractivity contribution is -0.133. The van der Waals surface area contributed by atoms with Crippen molar-refractivity contribution in [2.45, 2.75) is 41.0 Å². The van der Waals surface area contributed by atoms with Gasteiger partial charge in [-0.1, -0.05) is 12.1 Å². The second-order valence-electron chi connectivity index (χ2n) is 6.97. The Hall–Kier alpha value is -3.28. The van der Waals surface area contributed by atoms with Crippen LogP contribution in [0.2, 0.25) is 0 Å². The van der Waals surface area contributed by atoms with Gasteiger partial charge in [0.15, 0.2) is 11.3 Å². The minimum atomic E-state index is -0.445. The van der Waals surface area contributed by atoms with E-state index in [0.29, 0.717) is 40.2 Å². The van der Waals surface area contributed by atoms with Gasteiger partial charge in [-0.2, -0.15) is 0 Å². The molecule has 0 amide bonds. The predicted octanol–water partition coefficient (Wildman–Crippen LogP) is 4.81. The number of rotatable bonds is 5. The van der Waals surface area contributed by atoms with Gasteiger partial charge in [0.2, 0.25) is 0 Å². The summed E-state index contributed by atoms with van der Waals surface area (Å²) in [6, 6.07) is 7.69. The van der Waals surface area contributed by atoms with E-state index in [0.717, 1.165) is 22.4 Å². The Kier molecular flexibility index (Phi) is 5.64. The lowest BCUT2D eigenvalue weighted by Crippen LogP contribution is -2.08. The molecule has 0 N–H and O–H groups in total. The van der Waals surface area contributed by atoms with Gasteiger partial charge in [-0.15, -0.1) is 0 Å². The highest BCUT2D eigenvalue weighted by atomic mass is 16.5. The van der Waals surface area contributed by atoms with E-state index >= 15 is 0 Å². The molecular weight excluding hydrogens is 372 g/mol. The molecule has 0 bridgehead atoms. The average molecular weight is 396 g/mol. The number of furan rings is 1. The molecule has 3 rings (SSSR count). The van der Waals surface area contributed by atoms with Crippen molar-refractivity contribution in [3.63, 3.8) is 0 Å². The van der Waals surface area contributed by atoms with Crippen LogP contribution in [0, 0.1) is 20.8 Å². The van der Waals surface area contributed by atoms with E-state index in [2.05, 4.69) is 0 Å². The van der Waals surface area contributed by atoms with Gasteiger partial charge in [-0.25, -0.2) is 0 Å². The van der Waals surface area contributed by atoms with Crippen LogP contribution in [0.3, 0.4) is 0 Å². The monoisotopic (exact) mass is 396 g/mol. The Morgan fingerprint density at radius 3 is 1.97 bits per heavy atom. The first-order valence-corrected chi connectivity index (χ1v) is 9.27. The highest BCUT2D eigenvalue weighted by Gasteiger charge is 2.25. The fourth-order valence-corrected chi connectivity index (χ4v) is 3.33. The van der Waals surface area contributed by atoms with E-state index in [9.17, 15) is 9.59 Å². The molecule has 0 atom stereocenters. The number of hydrogen-bond donors (Lipinski definition) is 0. The third kappa shape index (κ3) is 3.97. The van der Waals surface area contributed by atoms with Crippen LogP contribution in [-0.4, -0.2) is 19.0 Å². The highest BCUT2D eigenvalue weighted by molar-refractivity contribution is 5.97. The molecule has 0 spiro atoms. The molecule has 0 unspecified atom stereocenters. The number of fused-ring (bicyclic) bond motifs is 1. The Morgan fingerprint density at radius 1 is 0.862 bits per heavy atom. The zero-order valence-electron chi connectivity index (χ0n) is 17.5. The van der Waals surface area contributed by atoms with Gasteiger partial charge in [-0.3, -0.25) is 9.59 Å². The van der Waals surface area contributed by atoms with E-state index in [4.69, 9.17) is 18.6 Å². The van der Waals surface area contributed by atoms with Gasteiger partial charge in [0.05, 0.1) is 12.5 Å². The molecule has 3 aromatic rings. The summed E-state index contributed by atoms with van der Waals surface area (Å²) in [5, 5.41) is 0.642. The number of carbonyl (C=O) groups excluding carboxylic acids is 2. The molecule has 0 saturated heterocycles. The fraction of sp³-hybridized carbons (Fsp3) is 0.304. The third-order valence-corrected chi connectivity index (χ3v) is 4.94. The summed E-state index contributed by atoms with van der Waals surface area (Å²) in [5.74, 6) is 1.40. The van der Waals surface area contributed by atoms with Crippen LogP contribution < -0.4 is 14.2 Å². The van der Waals surface area contributed by atoms with Crippen molar-refractivity contribution in [1.29, 1.82) is 0 Å². The number of benzene rings is 2. The van der Waals surface area contributed by atoms with Crippen LogP contribution >= 0.6 is 0 Å². The maximum atomic E-state index is 11.7.